The van der Waals surface area contributed by atoms with Crippen LogP contribution >= 0.6 is 11.6 Å². The summed E-state index contributed by atoms with van der Waals surface area (Å²) >= 11 is 4.71. The maximum absolute atomic E-state index is 9.46. The molecule has 0 spiro atoms. The molecule has 0 amide bonds. The Labute approximate surface area is 43.6 Å². The molecule has 0 fully saturated rings. The fourth-order valence-electron chi connectivity index (χ4n) is 0. The van der Waals surface area contributed by atoms with Crippen LogP contribution in [0.2, 0.25) is 0 Å². The van der Waals surface area contributed by atoms with Gasteiger partial charge >= 0.3 is 0 Å². The van der Waals surface area contributed by atoms with Crippen LogP contribution in [0.5, 0.6) is 0 Å². The van der Waals surface area contributed by atoms with Crippen molar-refractivity contribution in [2.75, 3.05) is 0 Å². The lowest BCUT2D eigenvalue weighted by atomic mass is 10.7. The third-order valence-electron chi connectivity index (χ3n) is 0.160. The minimum absolute atomic E-state index is 0. The molecule has 0 saturated carbocycles. The highest BCUT2D eigenvalue weighted by Gasteiger charge is 1.74. The Hall–Kier alpha value is -0.235. The first kappa shape index (κ1) is 9.23. The lowest BCUT2D eigenvalue weighted by Crippen LogP contribution is -1.67. The zero-order valence-corrected chi connectivity index (χ0v) is 3.90. The van der Waals surface area contributed by atoms with Gasteiger partial charge in [0.05, 0.1) is 0 Å². The van der Waals surface area contributed by atoms with E-state index >= 15 is 0 Å². The van der Waals surface area contributed by atoms with E-state index in [1.165, 1.54) is 0 Å². The number of halogens is 1. The molecule has 3 radical (unpaired) electrons. The van der Waals surface area contributed by atoms with Crippen molar-refractivity contribution >= 4 is 25.3 Å². The zero-order chi connectivity index (χ0) is 4.28. The minimum Gasteiger partial charge on any atom is -0.276 e. The summed E-state index contributed by atoms with van der Waals surface area (Å²) < 4.78 is 0. The van der Waals surface area contributed by atoms with E-state index in [-0.39, 0.29) is 8.41 Å². The van der Waals surface area contributed by atoms with Gasteiger partial charge in [0, 0.05) is 8.41 Å². The summed E-state index contributed by atoms with van der Waals surface area (Å²) in [5.74, 6) is 0. The Morgan fingerprint density at radius 3 is 2.00 bits per heavy atom. The fraction of sp³-hybridized carbons (Fsp3) is 0. The van der Waals surface area contributed by atoms with Crippen molar-refractivity contribution in [3.05, 3.63) is 12.7 Å². The van der Waals surface area contributed by atoms with Gasteiger partial charge in [0.2, 0.25) is 5.24 Å². The highest BCUT2D eigenvalue weighted by molar-refractivity contribution is 6.66. The molecule has 0 unspecified atom stereocenters. The predicted octanol–water partition coefficient (Wildman–Crippen LogP) is 0.557. The first-order chi connectivity index (χ1) is 2.27. The Bertz CT molecular complexity index is 61.8. The molecular weight excluding hydrogens is 98.3 g/mol. The van der Waals surface area contributed by atoms with E-state index in [1.54, 1.807) is 0 Å². The van der Waals surface area contributed by atoms with Crippen molar-refractivity contribution < 1.29 is 4.79 Å². The summed E-state index contributed by atoms with van der Waals surface area (Å²) in [5, 5.41) is -0.509. The van der Waals surface area contributed by atoms with Crippen molar-refractivity contribution in [2.24, 2.45) is 0 Å². The standard InChI is InChI=1S/C3H3ClO.B/c1-2-3(4)5;/h2H,1H2;. The molecule has 0 aromatic carbocycles. The van der Waals surface area contributed by atoms with Crippen LogP contribution in [0.1, 0.15) is 0 Å². The second kappa shape index (κ2) is 4.76. The molecule has 0 aliphatic rings. The molecule has 0 atom stereocenters. The van der Waals surface area contributed by atoms with Gasteiger partial charge in [-0.25, -0.2) is 0 Å². The van der Waals surface area contributed by atoms with Gasteiger partial charge in [-0.15, -0.1) is 0 Å². The van der Waals surface area contributed by atoms with Gasteiger partial charge in [0.15, 0.2) is 0 Å². The van der Waals surface area contributed by atoms with Gasteiger partial charge in [0.25, 0.3) is 0 Å². The van der Waals surface area contributed by atoms with Crippen LogP contribution < -0.4 is 0 Å². The lowest BCUT2D eigenvalue weighted by Gasteiger charge is -1.59. The Morgan fingerprint density at radius 2 is 2.00 bits per heavy atom. The summed E-state index contributed by atoms with van der Waals surface area (Å²) in [5.41, 5.74) is 0. The third-order valence-corrected chi connectivity index (χ3v) is 0.315. The van der Waals surface area contributed by atoms with Crippen molar-refractivity contribution in [3.8, 4) is 0 Å². The molecule has 0 aromatic rings. The maximum Gasteiger partial charge on any atom is 0.244 e. The summed E-state index contributed by atoms with van der Waals surface area (Å²) in [7, 11) is 0. The number of rotatable bonds is 1. The summed E-state index contributed by atoms with van der Waals surface area (Å²) in [6, 6.07) is 0. The number of carbonyl (C=O) groups excluding carboxylic acids is 1. The van der Waals surface area contributed by atoms with E-state index in [1.807, 2.05) is 0 Å². The number of carbonyl (C=O) groups is 1. The normalized spacial score (nSPS) is 5.50. The average molecular weight is 101 g/mol. The number of hydrogen-bond acceptors (Lipinski definition) is 1. The molecule has 0 bridgehead atoms. The molecule has 1 nitrogen and oxygen atoms in total. The van der Waals surface area contributed by atoms with Crippen LogP contribution in [0.15, 0.2) is 12.7 Å². The molecule has 6 heavy (non-hydrogen) atoms. The van der Waals surface area contributed by atoms with Crippen LogP contribution in [-0.4, -0.2) is 13.7 Å². The minimum atomic E-state index is -0.509. The summed E-state index contributed by atoms with van der Waals surface area (Å²) in [6.45, 7) is 3.08. The molecule has 0 aliphatic heterocycles. The number of hydrogen-bond donors (Lipinski definition) is 0. The number of allylic oxidation sites excluding steroid dienone is 1. The van der Waals surface area contributed by atoms with Crippen LogP contribution in [0.25, 0.3) is 0 Å². The first-order valence-corrected chi connectivity index (χ1v) is 1.47. The van der Waals surface area contributed by atoms with Gasteiger partial charge < -0.3 is 0 Å². The van der Waals surface area contributed by atoms with Crippen molar-refractivity contribution in [1.29, 1.82) is 0 Å². The summed E-state index contributed by atoms with van der Waals surface area (Å²) in [4.78, 5) is 9.46. The molecule has 0 N–H and O–H groups in total. The zero-order valence-electron chi connectivity index (χ0n) is 3.15. The van der Waals surface area contributed by atoms with Crippen molar-refractivity contribution in [3.63, 3.8) is 0 Å². The summed E-state index contributed by atoms with van der Waals surface area (Å²) in [6.07, 6.45) is 1.04. The van der Waals surface area contributed by atoms with Crippen LogP contribution in [0.4, 0.5) is 0 Å². The molecule has 0 aliphatic carbocycles. The molecule has 0 rings (SSSR count). The fourth-order valence-corrected chi connectivity index (χ4v) is 0. The third kappa shape index (κ3) is 9.24. The van der Waals surface area contributed by atoms with Crippen LogP contribution in [0, 0.1) is 0 Å². The monoisotopic (exact) mass is 101 g/mol. The van der Waals surface area contributed by atoms with Gasteiger partial charge in [0.1, 0.15) is 0 Å². The molecule has 0 heterocycles. The highest BCUT2D eigenvalue weighted by Crippen LogP contribution is 1.74. The Morgan fingerprint density at radius 1 is 1.83 bits per heavy atom. The van der Waals surface area contributed by atoms with E-state index in [2.05, 4.69) is 6.58 Å². The predicted molar refractivity (Wildman–Crippen MR) is 26.8 cm³/mol. The van der Waals surface area contributed by atoms with E-state index in [0.29, 0.717) is 0 Å². The lowest BCUT2D eigenvalue weighted by molar-refractivity contribution is -0.107. The molecule has 31 valence electrons. The Kier molecular flexibility index (Phi) is 7.33. The van der Waals surface area contributed by atoms with Crippen molar-refractivity contribution in [2.45, 2.75) is 0 Å². The van der Waals surface area contributed by atoms with Gasteiger partial charge in [-0.05, 0) is 17.7 Å². The van der Waals surface area contributed by atoms with Crippen molar-refractivity contribution in [1.82, 2.24) is 0 Å². The second-order valence-electron chi connectivity index (χ2n) is 0.508. The maximum atomic E-state index is 9.46. The topological polar surface area (TPSA) is 17.1 Å². The van der Waals surface area contributed by atoms with E-state index in [4.69, 9.17) is 11.6 Å². The molecular formula is C3H3BClO. The van der Waals surface area contributed by atoms with E-state index in [9.17, 15) is 4.79 Å². The average Bonchev–Trinajstić information content (AvgIpc) is 1.38. The quantitative estimate of drug-likeness (QED) is 0.268. The van der Waals surface area contributed by atoms with E-state index in [0.717, 1.165) is 6.08 Å². The van der Waals surface area contributed by atoms with Gasteiger partial charge in [-0.2, -0.15) is 0 Å². The first-order valence-electron chi connectivity index (χ1n) is 1.09. The SMILES string of the molecule is C=CC(=O)Cl.[B]. The van der Waals surface area contributed by atoms with Gasteiger partial charge in [-0.3, -0.25) is 4.79 Å². The largest absolute Gasteiger partial charge is 0.276 e. The molecule has 3 heteroatoms. The van der Waals surface area contributed by atoms with Crippen LogP contribution in [0.3, 0.4) is 0 Å². The smallest absolute Gasteiger partial charge is 0.244 e. The van der Waals surface area contributed by atoms with Crippen LogP contribution in [-0.2, 0) is 4.79 Å². The second-order valence-corrected chi connectivity index (χ2v) is 0.881. The molecule has 0 saturated heterocycles. The highest BCUT2D eigenvalue weighted by atomic mass is 35.5. The van der Waals surface area contributed by atoms with Gasteiger partial charge in [-0.1, -0.05) is 6.58 Å². The van der Waals surface area contributed by atoms with E-state index < -0.39 is 5.24 Å². The molecule has 0 aromatic heterocycles. The Balaban J connectivity index is 0.